The van der Waals surface area contributed by atoms with Gasteiger partial charge in [0.25, 0.3) is 0 Å². The maximum Gasteiger partial charge on any atom is 0.245 e. The van der Waals surface area contributed by atoms with Crippen molar-refractivity contribution in [1.29, 1.82) is 0 Å². The second-order valence-electron chi connectivity index (χ2n) is 7.85. The number of carbonyl (C=O) groups excluding carboxylic acids is 1. The third-order valence-corrected chi connectivity index (χ3v) is 7.49. The molecule has 0 radical (unpaired) electrons. The van der Waals surface area contributed by atoms with Crippen LogP contribution < -0.4 is 0 Å². The molecule has 0 aliphatic carbocycles. The Balaban J connectivity index is 1.65. The molecule has 1 heterocycles. The minimum atomic E-state index is -3.89. The van der Waals surface area contributed by atoms with Crippen LogP contribution in [0.3, 0.4) is 0 Å². The van der Waals surface area contributed by atoms with E-state index in [0.29, 0.717) is 25.9 Å². The van der Waals surface area contributed by atoms with Crippen LogP contribution >= 0.6 is 0 Å². The summed E-state index contributed by atoms with van der Waals surface area (Å²) in [6.07, 6.45) is 1.75. The van der Waals surface area contributed by atoms with Crippen LogP contribution in [0, 0.1) is 18.7 Å². The van der Waals surface area contributed by atoms with Crippen molar-refractivity contribution in [2.75, 3.05) is 19.6 Å². The molecular formula is C23H29FN2O3S. The molecule has 1 fully saturated rings. The van der Waals surface area contributed by atoms with E-state index in [1.165, 1.54) is 28.1 Å². The van der Waals surface area contributed by atoms with Crippen LogP contribution in [0.1, 0.15) is 37.3 Å². The summed E-state index contributed by atoms with van der Waals surface area (Å²) in [5, 5.41) is 0. The Hall–Kier alpha value is -2.25. The molecule has 0 saturated carbocycles. The Labute approximate surface area is 178 Å². The molecular weight excluding hydrogens is 403 g/mol. The molecule has 162 valence electrons. The van der Waals surface area contributed by atoms with Crippen molar-refractivity contribution >= 4 is 15.9 Å². The number of halogens is 1. The molecule has 0 unspecified atom stereocenters. The number of benzene rings is 2. The molecule has 0 aromatic heterocycles. The molecule has 3 rings (SSSR count). The predicted octanol–water partition coefficient (Wildman–Crippen LogP) is 3.97. The average molecular weight is 433 g/mol. The van der Waals surface area contributed by atoms with Gasteiger partial charge in [0, 0.05) is 32.1 Å². The zero-order valence-corrected chi connectivity index (χ0v) is 18.4. The van der Waals surface area contributed by atoms with Gasteiger partial charge in [-0.2, -0.15) is 4.31 Å². The number of nitrogens with zero attached hydrogens (tertiary/aromatic N) is 2. The topological polar surface area (TPSA) is 57.7 Å². The molecule has 0 bridgehead atoms. The largest absolute Gasteiger partial charge is 0.338 e. The number of sulfonamides is 1. The van der Waals surface area contributed by atoms with Crippen LogP contribution in [0.5, 0.6) is 0 Å². The lowest BCUT2D eigenvalue weighted by Gasteiger charge is -2.33. The Morgan fingerprint density at radius 1 is 1.10 bits per heavy atom. The van der Waals surface area contributed by atoms with E-state index >= 15 is 0 Å². The number of rotatable bonds is 7. The van der Waals surface area contributed by atoms with E-state index in [4.69, 9.17) is 0 Å². The third-order valence-electron chi connectivity index (χ3n) is 5.56. The smallest absolute Gasteiger partial charge is 0.245 e. The van der Waals surface area contributed by atoms with Gasteiger partial charge >= 0.3 is 0 Å². The summed E-state index contributed by atoms with van der Waals surface area (Å²) in [5.41, 5.74) is 2.26. The monoisotopic (exact) mass is 432 g/mol. The first-order chi connectivity index (χ1) is 14.3. The summed E-state index contributed by atoms with van der Waals surface area (Å²) in [4.78, 5) is 14.7. The molecule has 2 aromatic rings. The second-order valence-corrected chi connectivity index (χ2v) is 9.76. The van der Waals surface area contributed by atoms with Gasteiger partial charge in [0.1, 0.15) is 10.7 Å². The lowest BCUT2D eigenvalue weighted by molar-refractivity contribution is -0.137. The highest BCUT2D eigenvalue weighted by Crippen LogP contribution is 2.27. The molecule has 0 spiro atoms. The summed E-state index contributed by atoms with van der Waals surface area (Å²) >= 11 is 0. The highest BCUT2D eigenvalue weighted by Gasteiger charge is 2.34. The SMILES string of the molecule is CCCN(Cc1ccc(C)cc1)C(=O)C1CCN(S(=O)(=O)c2ccccc2F)CC1. The standard InChI is InChI=1S/C23H29FN2O3S/c1-3-14-25(17-19-10-8-18(2)9-11-19)23(27)20-12-15-26(16-13-20)30(28,29)22-7-5-4-6-21(22)24/h4-11,20H,3,12-17H2,1-2H3. The van der Waals surface area contributed by atoms with Gasteiger partial charge in [-0.05, 0) is 43.9 Å². The van der Waals surface area contributed by atoms with Crippen LogP contribution in [0.2, 0.25) is 0 Å². The third kappa shape index (κ3) is 5.08. The number of piperidine rings is 1. The Kier molecular flexibility index (Phi) is 7.26. The van der Waals surface area contributed by atoms with E-state index < -0.39 is 15.8 Å². The number of hydrogen-bond donors (Lipinski definition) is 0. The first kappa shape index (κ1) is 22.4. The number of hydrogen-bond acceptors (Lipinski definition) is 3. The maximum atomic E-state index is 14.0. The maximum absolute atomic E-state index is 14.0. The Morgan fingerprint density at radius 2 is 1.73 bits per heavy atom. The molecule has 1 saturated heterocycles. The van der Waals surface area contributed by atoms with Crippen molar-refractivity contribution < 1.29 is 17.6 Å². The molecule has 1 amide bonds. The van der Waals surface area contributed by atoms with E-state index in [2.05, 4.69) is 0 Å². The Morgan fingerprint density at radius 3 is 2.33 bits per heavy atom. The van der Waals surface area contributed by atoms with Crippen molar-refractivity contribution in [3.8, 4) is 0 Å². The van der Waals surface area contributed by atoms with Gasteiger partial charge in [-0.15, -0.1) is 0 Å². The molecule has 30 heavy (non-hydrogen) atoms. The lowest BCUT2D eigenvalue weighted by Crippen LogP contribution is -2.44. The first-order valence-corrected chi connectivity index (χ1v) is 11.9. The van der Waals surface area contributed by atoms with Crippen LogP contribution in [0.15, 0.2) is 53.4 Å². The van der Waals surface area contributed by atoms with E-state index in [9.17, 15) is 17.6 Å². The summed E-state index contributed by atoms with van der Waals surface area (Å²) < 4.78 is 40.9. The predicted molar refractivity (Wildman–Crippen MR) is 115 cm³/mol. The van der Waals surface area contributed by atoms with Gasteiger partial charge in [-0.3, -0.25) is 4.79 Å². The zero-order valence-electron chi connectivity index (χ0n) is 17.6. The van der Waals surface area contributed by atoms with Gasteiger partial charge in [-0.1, -0.05) is 48.9 Å². The van der Waals surface area contributed by atoms with Gasteiger partial charge in [0.2, 0.25) is 15.9 Å². The van der Waals surface area contributed by atoms with Crippen LogP contribution in [0.4, 0.5) is 4.39 Å². The molecule has 0 N–H and O–H groups in total. The first-order valence-electron chi connectivity index (χ1n) is 10.4. The summed E-state index contributed by atoms with van der Waals surface area (Å²) in [6, 6.07) is 13.6. The van der Waals surface area contributed by atoms with E-state index in [1.807, 2.05) is 43.0 Å². The summed E-state index contributed by atoms with van der Waals surface area (Å²) in [7, 11) is -3.89. The number of carbonyl (C=O) groups is 1. The van der Waals surface area contributed by atoms with Crippen LogP contribution in [-0.2, 0) is 21.4 Å². The molecule has 5 nitrogen and oxygen atoms in total. The normalized spacial score (nSPS) is 15.8. The van der Waals surface area contributed by atoms with Gasteiger partial charge in [-0.25, -0.2) is 12.8 Å². The van der Waals surface area contributed by atoms with Crippen LogP contribution in [0.25, 0.3) is 0 Å². The molecule has 0 atom stereocenters. The van der Waals surface area contributed by atoms with E-state index in [-0.39, 0.29) is 29.8 Å². The summed E-state index contributed by atoms with van der Waals surface area (Å²) in [6.45, 7) is 5.73. The summed E-state index contributed by atoms with van der Waals surface area (Å²) in [5.74, 6) is -0.891. The Bertz CT molecular complexity index is 968. The molecule has 7 heteroatoms. The highest BCUT2D eigenvalue weighted by molar-refractivity contribution is 7.89. The fraction of sp³-hybridized carbons (Fsp3) is 0.435. The second kappa shape index (κ2) is 9.71. The van der Waals surface area contributed by atoms with Gasteiger partial charge < -0.3 is 4.90 Å². The van der Waals surface area contributed by atoms with Gasteiger partial charge in [0.05, 0.1) is 0 Å². The molecule has 1 aliphatic heterocycles. The highest BCUT2D eigenvalue weighted by atomic mass is 32.2. The van der Waals surface area contributed by atoms with Gasteiger partial charge in [0.15, 0.2) is 0 Å². The minimum Gasteiger partial charge on any atom is -0.338 e. The number of amides is 1. The van der Waals surface area contributed by atoms with Crippen molar-refractivity contribution in [3.05, 3.63) is 65.5 Å². The fourth-order valence-corrected chi connectivity index (χ4v) is 5.38. The quantitative estimate of drug-likeness (QED) is 0.665. The minimum absolute atomic E-state index is 0.0698. The lowest BCUT2D eigenvalue weighted by atomic mass is 9.96. The molecule has 1 aliphatic rings. The fourth-order valence-electron chi connectivity index (χ4n) is 3.85. The van der Waals surface area contributed by atoms with E-state index in [0.717, 1.165) is 18.1 Å². The van der Waals surface area contributed by atoms with Crippen LogP contribution in [-0.4, -0.2) is 43.2 Å². The van der Waals surface area contributed by atoms with Crippen molar-refractivity contribution in [2.24, 2.45) is 5.92 Å². The zero-order chi connectivity index (χ0) is 21.7. The van der Waals surface area contributed by atoms with Crippen molar-refractivity contribution in [2.45, 2.75) is 44.6 Å². The molecule has 2 aromatic carbocycles. The number of aryl methyl sites for hydroxylation is 1. The van der Waals surface area contributed by atoms with Crippen molar-refractivity contribution in [3.63, 3.8) is 0 Å². The van der Waals surface area contributed by atoms with Crippen molar-refractivity contribution in [1.82, 2.24) is 9.21 Å². The average Bonchev–Trinajstić information content (AvgIpc) is 2.75. The van der Waals surface area contributed by atoms with E-state index in [1.54, 1.807) is 0 Å².